The highest BCUT2D eigenvalue weighted by Gasteiger charge is 2.09. The first-order chi connectivity index (χ1) is 10.2. The molecule has 0 saturated heterocycles. The molecule has 2 aromatic carbocycles. The Morgan fingerprint density at radius 2 is 1.81 bits per heavy atom. The lowest BCUT2D eigenvalue weighted by Crippen LogP contribution is -2.13. The second-order valence-corrected chi connectivity index (χ2v) is 4.23. The molecular weight excluding hydrogens is 266 g/mol. The number of nitrogens with zero attached hydrogens (tertiary/aromatic N) is 1. The molecule has 5 heteroatoms. The average Bonchev–Trinajstić information content (AvgIpc) is 2.54. The van der Waals surface area contributed by atoms with Crippen LogP contribution in [0.25, 0.3) is 0 Å². The van der Waals surface area contributed by atoms with Crippen LogP contribution in [0.4, 0.5) is 5.69 Å². The molecule has 0 radical (unpaired) electrons. The Morgan fingerprint density at radius 3 is 2.48 bits per heavy atom. The summed E-state index contributed by atoms with van der Waals surface area (Å²) in [4.78, 5) is 0. The molecule has 2 rings (SSSR count). The molecule has 0 fully saturated rings. The molecule has 0 bridgehead atoms. The maximum Gasteiger partial charge on any atom is 0.136 e. The molecule has 2 N–H and O–H groups in total. The van der Waals surface area contributed by atoms with Gasteiger partial charge in [-0.05, 0) is 30.3 Å². The van der Waals surface area contributed by atoms with E-state index in [1.807, 2.05) is 12.1 Å². The van der Waals surface area contributed by atoms with Crippen molar-refractivity contribution in [2.45, 2.75) is 0 Å². The topological polar surface area (TPSA) is 78.1 Å². The summed E-state index contributed by atoms with van der Waals surface area (Å²) in [6.07, 6.45) is 0. The van der Waals surface area contributed by atoms with E-state index in [1.54, 1.807) is 37.4 Å². The van der Waals surface area contributed by atoms with Gasteiger partial charge in [-0.3, -0.25) is 5.41 Å². The van der Waals surface area contributed by atoms with E-state index in [1.165, 1.54) is 7.11 Å². The van der Waals surface area contributed by atoms with Crippen LogP contribution in [-0.4, -0.2) is 20.1 Å². The minimum Gasteiger partial charge on any atom is -0.496 e. The third-order valence-corrected chi connectivity index (χ3v) is 2.97. The van der Waals surface area contributed by atoms with Gasteiger partial charge in [-0.2, -0.15) is 5.26 Å². The fourth-order valence-electron chi connectivity index (χ4n) is 1.94. The largest absolute Gasteiger partial charge is 0.496 e. The summed E-state index contributed by atoms with van der Waals surface area (Å²) < 4.78 is 10.3. The fourth-order valence-corrected chi connectivity index (χ4v) is 1.94. The van der Waals surface area contributed by atoms with Gasteiger partial charge in [0.2, 0.25) is 0 Å². The van der Waals surface area contributed by atoms with Crippen molar-refractivity contribution in [3.63, 3.8) is 0 Å². The Bertz CT molecular complexity index is 705. The van der Waals surface area contributed by atoms with Crippen LogP contribution in [0.15, 0.2) is 42.5 Å². The first-order valence-corrected chi connectivity index (χ1v) is 6.26. The number of nitrogens with one attached hydrogen (secondary N) is 2. The minimum atomic E-state index is 0.196. The molecule has 0 aromatic heterocycles. The van der Waals surface area contributed by atoms with Crippen molar-refractivity contribution < 1.29 is 9.47 Å². The second kappa shape index (κ2) is 6.44. The molecule has 0 atom stereocenters. The highest BCUT2D eigenvalue weighted by molar-refractivity contribution is 6.08. The average molecular weight is 281 g/mol. The van der Waals surface area contributed by atoms with Gasteiger partial charge in [0, 0.05) is 5.69 Å². The molecule has 106 valence electrons. The van der Waals surface area contributed by atoms with Gasteiger partial charge in [0.15, 0.2) is 0 Å². The van der Waals surface area contributed by atoms with Crippen LogP contribution in [0.1, 0.15) is 11.1 Å². The number of methoxy groups -OCH3 is 2. The molecule has 0 aliphatic carbocycles. The van der Waals surface area contributed by atoms with Gasteiger partial charge in [0.05, 0.1) is 25.3 Å². The number of ether oxygens (including phenoxy) is 2. The van der Waals surface area contributed by atoms with Crippen molar-refractivity contribution >= 4 is 11.5 Å². The smallest absolute Gasteiger partial charge is 0.136 e. The maximum absolute atomic E-state index is 9.08. The van der Waals surface area contributed by atoms with Crippen LogP contribution in [0.3, 0.4) is 0 Å². The summed E-state index contributed by atoms with van der Waals surface area (Å²) in [5.74, 6) is 1.32. The number of amidine groups is 1. The number of anilines is 1. The molecule has 0 heterocycles. The quantitative estimate of drug-likeness (QED) is 0.667. The van der Waals surface area contributed by atoms with Crippen molar-refractivity contribution in [3.8, 4) is 17.6 Å². The standard InChI is InChI=1S/C16H15N3O2/c1-20-14-8-7-12(9-11(14)10-17)19-16(18)13-5-3-4-6-15(13)21-2/h3-9H,1-2H3,(H2,18,19). The Kier molecular flexibility index (Phi) is 4.42. The lowest BCUT2D eigenvalue weighted by atomic mass is 10.1. The van der Waals surface area contributed by atoms with Gasteiger partial charge in [0.1, 0.15) is 23.4 Å². The van der Waals surface area contributed by atoms with Crippen molar-refractivity contribution in [1.82, 2.24) is 0 Å². The van der Waals surface area contributed by atoms with Gasteiger partial charge in [-0.1, -0.05) is 12.1 Å². The zero-order valence-electron chi connectivity index (χ0n) is 11.8. The fraction of sp³-hybridized carbons (Fsp3) is 0.125. The van der Waals surface area contributed by atoms with E-state index in [0.29, 0.717) is 28.3 Å². The van der Waals surface area contributed by atoms with Gasteiger partial charge >= 0.3 is 0 Å². The van der Waals surface area contributed by atoms with E-state index < -0.39 is 0 Å². The summed E-state index contributed by atoms with van der Waals surface area (Å²) in [6.45, 7) is 0. The number of rotatable bonds is 4. The van der Waals surface area contributed by atoms with Crippen molar-refractivity contribution in [2.75, 3.05) is 19.5 Å². The molecule has 0 aliphatic rings. The summed E-state index contributed by atoms with van der Waals surface area (Å²) in [5.41, 5.74) is 1.70. The summed E-state index contributed by atoms with van der Waals surface area (Å²) in [6, 6.07) is 14.4. The van der Waals surface area contributed by atoms with Gasteiger partial charge < -0.3 is 14.8 Å². The zero-order chi connectivity index (χ0) is 15.2. The maximum atomic E-state index is 9.08. The minimum absolute atomic E-state index is 0.196. The monoisotopic (exact) mass is 281 g/mol. The number of benzene rings is 2. The molecule has 0 aliphatic heterocycles. The van der Waals surface area contributed by atoms with E-state index in [4.69, 9.17) is 20.1 Å². The Labute approximate surface area is 123 Å². The van der Waals surface area contributed by atoms with Gasteiger partial charge in [-0.25, -0.2) is 0 Å². The van der Waals surface area contributed by atoms with Crippen LogP contribution in [0.5, 0.6) is 11.5 Å². The zero-order valence-corrected chi connectivity index (χ0v) is 11.8. The number of hydrogen-bond donors (Lipinski definition) is 2. The summed E-state index contributed by atoms with van der Waals surface area (Å²) in [5, 5.41) is 20.2. The molecule has 0 spiro atoms. The van der Waals surface area contributed by atoms with E-state index in [9.17, 15) is 0 Å². The van der Waals surface area contributed by atoms with E-state index in [-0.39, 0.29) is 5.84 Å². The molecule has 2 aromatic rings. The Morgan fingerprint density at radius 1 is 1.10 bits per heavy atom. The first kappa shape index (κ1) is 14.4. The normalized spacial score (nSPS) is 9.57. The summed E-state index contributed by atoms with van der Waals surface area (Å²) in [7, 11) is 3.08. The molecular formula is C16H15N3O2. The SMILES string of the molecule is COc1ccc(NC(=N)c2ccccc2OC)cc1C#N. The van der Waals surface area contributed by atoms with Crippen LogP contribution in [0, 0.1) is 16.7 Å². The van der Waals surface area contributed by atoms with Crippen molar-refractivity contribution in [3.05, 3.63) is 53.6 Å². The summed E-state index contributed by atoms with van der Waals surface area (Å²) >= 11 is 0. The first-order valence-electron chi connectivity index (χ1n) is 6.26. The van der Waals surface area contributed by atoms with E-state index in [2.05, 4.69) is 11.4 Å². The predicted octanol–water partition coefficient (Wildman–Crippen LogP) is 3.01. The lowest BCUT2D eigenvalue weighted by Gasteiger charge is -2.12. The third-order valence-electron chi connectivity index (χ3n) is 2.97. The number of hydrogen-bond acceptors (Lipinski definition) is 4. The molecule has 0 saturated carbocycles. The van der Waals surface area contributed by atoms with Gasteiger partial charge in [-0.15, -0.1) is 0 Å². The Hall–Kier alpha value is -3.00. The number of para-hydroxylation sites is 1. The van der Waals surface area contributed by atoms with E-state index >= 15 is 0 Å². The molecule has 5 nitrogen and oxygen atoms in total. The van der Waals surface area contributed by atoms with Crippen molar-refractivity contribution in [1.29, 1.82) is 10.7 Å². The predicted molar refractivity (Wildman–Crippen MR) is 81.2 cm³/mol. The van der Waals surface area contributed by atoms with Crippen LogP contribution < -0.4 is 14.8 Å². The number of nitriles is 1. The van der Waals surface area contributed by atoms with Crippen LogP contribution >= 0.6 is 0 Å². The molecule has 0 amide bonds. The highest BCUT2D eigenvalue weighted by Crippen LogP contribution is 2.23. The van der Waals surface area contributed by atoms with Crippen molar-refractivity contribution in [2.24, 2.45) is 0 Å². The second-order valence-electron chi connectivity index (χ2n) is 4.23. The lowest BCUT2D eigenvalue weighted by molar-refractivity contribution is 0.413. The Balaban J connectivity index is 2.26. The van der Waals surface area contributed by atoms with Gasteiger partial charge in [0.25, 0.3) is 0 Å². The highest BCUT2D eigenvalue weighted by atomic mass is 16.5. The third kappa shape index (κ3) is 3.12. The van der Waals surface area contributed by atoms with E-state index in [0.717, 1.165) is 0 Å². The molecule has 21 heavy (non-hydrogen) atoms. The van der Waals surface area contributed by atoms with Crippen LogP contribution in [-0.2, 0) is 0 Å². The molecule has 0 unspecified atom stereocenters. The van der Waals surface area contributed by atoms with Crippen LogP contribution in [0.2, 0.25) is 0 Å².